The molecule has 2 aliphatic rings. The highest BCUT2D eigenvalue weighted by molar-refractivity contribution is 4.78. The van der Waals surface area contributed by atoms with E-state index in [0.29, 0.717) is 0 Å². The van der Waals surface area contributed by atoms with Gasteiger partial charge in [-0.05, 0) is 51.1 Å². The van der Waals surface area contributed by atoms with Crippen LogP contribution in [0.5, 0.6) is 0 Å². The van der Waals surface area contributed by atoms with Crippen molar-refractivity contribution in [1.82, 2.24) is 10.2 Å². The Kier molecular flexibility index (Phi) is 6.46. The number of hydrogen-bond donors (Lipinski definition) is 1. The Morgan fingerprint density at radius 2 is 2.11 bits per heavy atom. The van der Waals surface area contributed by atoms with E-state index in [1.807, 2.05) is 0 Å². The fraction of sp³-hybridized carbons (Fsp3) is 1.00. The van der Waals surface area contributed by atoms with Crippen molar-refractivity contribution in [2.75, 3.05) is 39.4 Å². The van der Waals surface area contributed by atoms with Crippen LogP contribution in [0.25, 0.3) is 0 Å². The summed E-state index contributed by atoms with van der Waals surface area (Å²) in [7, 11) is 0. The van der Waals surface area contributed by atoms with Crippen LogP contribution in [-0.4, -0.2) is 50.3 Å². The van der Waals surface area contributed by atoms with Gasteiger partial charge in [-0.1, -0.05) is 13.3 Å². The minimum atomic E-state index is 0.731. The monoisotopic (exact) mass is 254 g/mol. The molecule has 0 aromatic heterocycles. The molecule has 3 heteroatoms. The van der Waals surface area contributed by atoms with Gasteiger partial charge in [0.25, 0.3) is 0 Å². The van der Waals surface area contributed by atoms with E-state index < -0.39 is 0 Å². The molecular weight excluding hydrogens is 224 g/mol. The van der Waals surface area contributed by atoms with Gasteiger partial charge in [0.05, 0.1) is 6.61 Å². The molecule has 2 atom stereocenters. The third-order valence-corrected chi connectivity index (χ3v) is 4.20. The average molecular weight is 254 g/mol. The standard InChI is InChI=1S/C15H30N2O/c1-2-9-17(11-14-6-5-10-18-13-14)12-15-7-3-4-8-16-15/h14-16H,2-13H2,1H3. The van der Waals surface area contributed by atoms with E-state index in [1.165, 1.54) is 64.7 Å². The van der Waals surface area contributed by atoms with Gasteiger partial charge in [0, 0.05) is 25.7 Å². The maximum absolute atomic E-state index is 5.61. The van der Waals surface area contributed by atoms with Gasteiger partial charge in [-0.25, -0.2) is 0 Å². The molecule has 0 aliphatic carbocycles. The SMILES string of the molecule is CCCN(CC1CCCOC1)CC1CCCCN1. The zero-order chi connectivity index (χ0) is 12.6. The Morgan fingerprint density at radius 3 is 2.78 bits per heavy atom. The maximum Gasteiger partial charge on any atom is 0.0506 e. The number of nitrogens with zero attached hydrogens (tertiary/aromatic N) is 1. The molecule has 2 aliphatic heterocycles. The molecule has 1 N–H and O–H groups in total. The first-order valence-electron chi connectivity index (χ1n) is 7.92. The molecule has 0 aromatic rings. The molecule has 0 radical (unpaired) electrons. The predicted octanol–water partition coefficient (Wildman–Crippen LogP) is 2.27. The summed E-state index contributed by atoms with van der Waals surface area (Å²) >= 11 is 0. The lowest BCUT2D eigenvalue weighted by atomic mass is 10.00. The molecule has 0 aromatic carbocycles. The molecule has 2 unspecified atom stereocenters. The van der Waals surface area contributed by atoms with E-state index in [2.05, 4.69) is 17.1 Å². The first-order valence-corrected chi connectivity index (χ1v) is 7.92. The fourth-order valence-corrected chi connectivity index (χ4v) is 3.28. The predicted molar refractivity (Wildman–Crippen MR) is 75.9 cm³/mol. The largest absolute Gasteiger partial charge is 0.381 e. The highest BCUT2D eigenvalue weighted by Gasteiger charge is 2.20. The van der Waals surface area contributed by atoms with E-state index in [4.69, 9.17) is 4.74 Å². The number of nitrogens with one attached hydrogen (secondary N) is 1. The molecule has 2 heterocycles. The first-order chi connectivity index (χ1) is 8.88. The van der Waals surface area contributed by atoms with Crippen LogP contribution in [0.15, 0.2) is 0 Å². The number of hydrogen-bond acceptors (Lipinski definition) is 3. The van der Waals surface area contributed by atoms with Gasteiger partial charge in [-0.3, -0.25) is 0 Å². The van der Waals surface area contributed by atoms with E-state index in [1.54, 1.807) is 0 Å². The quantitative estimate of drug-likeness (QED) is 0.787. The molecule has 0 amide bonds. The normalized spacial score (nSPS) is 29.7. The van der Waals surface area contributed by atoms with Crippen molar-refractivity contribution in [3.8, 4) is 0 Å². The Bertz CT molecular complexity index is 191. The second-order valence-corrected chi connectivity index (χ2v) is 5.99. The summed E-state index contributed by atoms with van der Waals surface area (Å²) in [5.41, 5.74) is 0. The third-order valence-electron chi connectivity index (χ3n) is 4.20. The summed E-state index contributed by atoms with van der Waals surface area (Å²) in [5, 5.41) is 3.67. The van der Waals surface area contributed by atoms with E-state index in [0.717, 1.165) is 25.2 Å². The fourth-order valence-electron chi connectivity index (χ4n) is 3.28. The molecule has 0 saturated carbocycles. The van der Waals surface area contributed by atoms with Crippen LogP contribution < -0.4 is 5.32 Å². The minimum Gasteiger partial charge on any atom is -0.381 e. The molecular formula is C15H30N2O. The highest BCUT2D eigenvalue weighted by atomic mass is 16.5. The zero-order valence-corrected chi connectivity index (χ0v) is 12.0. The number of rotatable bonds is 6. The Hall–Kier alpha value is -0.120. The van der Waals surface area contributed by atoms with Crippen molar-refractivity contribution >= 4 is 0 Å². The van der Waals surface area contributed by atoms with Crippen LogP contribution in [0.4, 0.5) is 0 Å². The Balaban J connectivity index is 1.74. The molecule has 106 valence electrons. The maximum atomic E-state index is 5.61. The van der Waals surface area contributed by atoms with E-state index in [9.17, 15) is 0 Å². The van der Waals surface area contributed by atoms with E-state index in [-0.39, 0.29) is 0 Å². The van der Waals surface area contributed by atoms with Gasteiger partial charge >= 0.3 is 0 Å². The van der Waals surface area contributed by atoms with Crippen LogP contribution in [0.1, 0.15) is 45.4 Å². The first kappa shape index (κ1) is 14.3. The van der Waals surface area contributed by atoms with Gasteiger partial charge in [0.2, 0.25) is 0 Å². The average Bonchev–Trinajstić information content (AvgIpc) is 2.41. The topological polar surface area (TPSA) is 24.5 Å². The molecule has 2 fully saturated rings. The summed E-state index contributed by atoms with van der Waals surface area (Å²) in [6.07, 6.45) is 8.01. The third kappa shape index (κ3) is 4.87. The zero-order valence-electron chi connectivity index (χ0n) is 12.0. The van der Waals surface area contributed by atoms with E-state index >= 15 is 0 Å². The highest BCUT2D eigenvalue weighted by Crippen LogP contribution is 2.16. The van der Waals surface area contributed by atoms with Crippen LogP contribution in [0, 0.1) is 5.92 Å². The summed E-state index contributed by atoms with van der Waals surface area (Å²) in [6, 6.07) is 0.731. The van der Waals surface area contributed by atoms with Crippen molar-refractivity contribution in [1.29, 1.82) is 0 Å². The summed E-state index contributed by atoms with van der Waals surface area (Å²) < 4.78 is 5.61. The van der Waals surface area contributed by atoms with Crippen LogP contribution >= 0.6 is 0 Å². The van der Waals surface area contributed by atoms with Crippen LogP contribution in [0.3, 0.4) is 0 Å². The lowest BCUT2D eigenvalue weighted by molar-refractivity contribution is 0.0365. The van der Waals surface area contributed by atoms with Crippen LogP contribution in [0.2, 0.25) is 0 Å². The molecule has 0 spiro atoms. The lowest BCUT2D eigenvalue weighted by Gasteiger charge is -2.33. The minimum absolute atomic E-state index is 0.731. The van der Waals surface area contributed by atoms with Crippen molar-refractivity contribution in [3.63, 3.8) is 0 Å². The lowest BCUT2D eigenvalue weighted by Crippen LogP contribution is -2.45. The Morgan fingerprint density at radius 1 is 1.17 bits per heavy atom. The summed E-state index contributed by atoms with van der Waals surface area (Å²) in [6.45, 7) is 9.20. The van der Waals surface area contributed by atoms with Gasteiger partial charge < -0.3 is 15.0 Å². The number of piperidine rings is 1. The van der Waals surface area contributed by atoms with Crippen molar-refractivity contribution in [3.05, 3.63) is 0 Å². The second-order valence-electron chi connectivity index (χ2n) is 5.99. The van der Waals surface area contributed by atoms with Gasteiger partial charge in [-0.15, -0.1) is 0 Å². The number of ether oxygens (including phenoxy) is 1. The van der Waals surface area contributed by atoms with Gasteiger partial charge in [0.15, 0.2) is 0 Å². The smallest absolute Gasteiger partial charge is 0.0506 e. The van der Waals surface area contributed by atoms with Crippen molar-refractivity contribution < 1.29 is 4.74 Å². The molecule has 3 nitrogen and oxygen atoms in total. The Labute approximate surface area is 112 Å². The summed E-state index contributed by atoms with van der Waals surface area (Å²) in [4.78, 5) is 2.67. The van der Waals surface area contributed by atoms with Crippen molar-refractivity contribution in [2.24, 2.45) is 5.92 Å². The van der Waals surface area contributed by atoms with Crippen molar-refractivity contribution in [2.45, 2.75) is 51.5 Å². The van der Waals surface area contributed by atoms with Gasteiger partial charge in [-0.2, -0.15) is 0 Å². The molecule has 2 rings (SSSR count). The van der Waals surface area contributed by atoms with Gasteiger partial charge in [0.1, 0.15) is 0 Å². The molecule has 0 bridgehead atoms. The molecule has 18 heavy (non-hydrogen) atoms. The second kappa shape index (κ2) is 8.13. The molecule has 2 saturated heterocycles. The summed E-state index contributed by atoms with van der Waals surface area (Å²) in [5.74, 6) is 0.772. The van der Waals surface area contributed by atoms with Crippen LogP contribution in [-0.2, 0) is 4.74 Å².